The normalized spacial score (nSPS) is 14.9. The quantitative estimate of drug-likeness (QED) is 0.253. The van der Waals surface area contributed by atoms with Crippen molar-refractivity contribution in [2.45, 2.75) is 70.3 Å². The maximum absolute atomic E-state index is 14.2. The molecule has 242 valence electrons. The number of nitrogens with zero attached hydrogens (tertiary/aromatic N) is 2. The molecule has 1 fully saturated rings. The minimum atomic E-state index is -4.78. The van der Waals surface area contributed by atoms with Crippen LogP contribution in [0.1, 0.15) is 54.4 Å². The molecule has 3 aromatic rings. The van der Waals surface area contributed by atoms with Crippen molar-refractivity contribution in [1.82, 2.24) is 10.2 Å². The fourth-order valence-electron chi connectivity index (χ4n) is 5.46. The van der Waals surface area contributed by atoms with Crippen LogP contribution < -0.4 is 9.62 Å². The molecule has 1 atom stereocenters. The highest BCUT2D eigenvalue weighted by Gasteiger charge is 2.36. The molecule has 1 N–H and O–H groups in total. The zero-order valence-electron chi connectivity index (χ0n) is 25.2. The Balaban J connectivity index is 1.76. The monoisotopic (exact) mass is 663 g/mol. The number of benzene rings is 3. The number of nitrogens with one attached hydrogen (secondary N) is 1. The summed E-state index contributed by atoms with van der Waals surface area (Å²) in [5.74, 6) is -1.15. The number of amides is 2. The van der Waals surface area contributed by atoms with Crippen LogP contribution in [-0.4, -0.2) is 50.0 Å². The smallest absolute Gasteiger partial charge is 0.352 e. The Labute approximate surface area is 267 Å². The van der Waals surface area contributed by atoms with E-state index in [1.54, 1.807) is 0 Å². The third-order valence-corrected chi connectivity index (χ3v) is 9.36. The van der Waals surface area contributed by atoms with Gasteiger partial charge in [0.15, 0.2) is 0 Å². The molecule has 0 radical (unpaired) electrons. The average Bonchev–Trinajstić information content (AvgIpc) is 2.99. The fraction of sp³-hybridized carbons (Fsp3) is 0.394. The van der Waals surface area contributed by atoms with Gasteiger partial charge in [0.25, 0.3) is 0 Å². The lowest BCUT2D eigenvalue weighted by Gasteiger charge is -2.35. The van der Waals surface area contributed by atoms with Crippen molar-refractivity contribution >= 4 is 39.1 Å². The van der Waals surface area contributed by atoms with E-state index in [0.29, 0.717) is 15.9 Å². The van der Waals surface area contributed by atoms with Crippen LogP contribution in [0.3, 0.4) is 0 Å². The van der Waals surface area contributed by atoms with Crippen LogP contribution in [0.15, 0.2) is 72.8 Å². The highest BCUT2D eigenvalue weighted by molar-refractivity contribution is 7.92. The molecule has 0 heterocycles. The molecule has 1 saturated carbocycles. The standard InChI is InChI=1S/C33H37ClF3N3O4S/c1-23-13-15-25(16-14-23)21-39(30(19-24-9-5-3-6-10-24)32(42)38-27-11-7-4-8-12-27)31(41)22-40(45(2,43)44)29-20-26(33(35,36)37)17-18-28(29)34/h3,5-6,9-10,13-18,20,27,30H,4,7-8,11-12,19,21-22H2,1-2H3,(H,38,42)/t30-/m0/s1. The summed E-state index contributed by atoms with van der Waals surface area (Å²) < 4.78 is 67.3. The number of rotatable bonds is 11. The zero-order chi connectivity index (χ0) is 32.8. The molecule has 0 saturated heterocycles. The van der Waals surface area contributed by atoms with Crippen molar-refractivity contribution < 1.29 is 31.2 Å². The molecule has 0 spiro atoms. The molecule has 12 heteroatoms. The van der Waals surface area contributed by atoms with Crippen molar-refractivity contribution in [3.05, 3.63) is 100 Å². The number of aryl methyl sites for hydroxylation is 1. The Morgan fingerprint density at radius 1 is 0.956 bits per heavy atom. The first kappa shape index (κ1) is 34.3. The Morgan fingerprint density at radius 2 is 1.60 bits per heavy atom. The lowest BCUT2D eigenvalue weighted by Crippen LogP contribution is -2.55. The van der Waals surface area contributed by atoms with Gasteiger partial charge < -0.3 is 10.2 Å². The van der Waals surface area contributed by atoms with Crippen molar-refractivity contribution in [2.75, 3.05) is 17.1 Å². The summed E-state index contributed by atoms with van der Waals surface area (Å²) in [4.78, 5) is 29.5. The summed E-state index contributed by atoms with van der Waals surface area (Å²) in [5.41, 5.74) is 0.858. The number of carbonyl (C=O) groups excluding carboxylic acids is 2. The first-order valence-electron chi connectivity index (χ1n) is 14.8. The topological polar surface area (TPSA) is 86.8 Å². The summed E-state index contributed by atoms with van der Waals surface area (Å²) in [7, 11) is -4.30. The number of sulfonamides is 1. The van der Waals surface area contributed by atoms with Crippen LogP contribution >= 0.6 is 11.6 Å². The van der Waals surface area contributed by atoms with Gasteiger partial charge in [0, 0.05) is 19.0 Å². The van der Waals surface area contributed by atoms with Crippen LogP contribution in [0, 0.1) is 6.92 Å². The maximum atomic E-state index is 14.2. The predicted molar refractivity (Wildman–Crippen MR) is 169 cm³/mol. The van der Waals surface area contributed by atoms with Gasteiger partial charge in [-0.05, 0) is 49.1 Å². The van der Waals surface area contributed by atoms with E-state index in [0.717, 1.165) is 61.6 Å². The van der Waals surface area contributed by atoms with Gasteiger partial charge in [0.1, 0.15) is 12.6 Å². The van der Waals surface area contributed by atoms with Crippen LogP contribution in [0.5, 0.6) is 0 Å². The van der Waals surface area contributed by atoms with Crippen molar-refractivity contribution in [3.63, 3.8) is 0 Å². The maximum Gasteiger partial charge on any atom is 0.416 e. The minimum absolute atomic E-state index is 0.0391. The van der Waals surface area contributed by atoms with E-state index in [4.69, 9.17) is 11.6 Å². The molecule has 1 aliphatic carbocycles. The van der Waals surface area contributed by atoms with Gasteiger partial charge >= 0.3 is 6.18 Å². The first-order valence-corrected chi connectivity index (χ1v) is 17.0. The SMILES string of the molecule is Cc1ccc(CN(C(=O)CN(c2cc(C(F)(F)F)ccc2Cl)S(C)(=O)=O)[C@@H](Cc2ccccc2)C(=O)NC2CCCCC2)cc1. The Hall–Kier alpha value is -3.57. The van der Waals surface area contributed by atoms with E-state index >= 15 is 0 Å². The molecular weight excluding hydrogens is 627 g/mol. The molecule has 3 aromatic carbocycles. The lowest BCUT2D eigenvalue weighted by molar-refractivity contribution is -0.140. The Morgan fingerprint density at radius 3 is 2.20 bits per heavy atom. The highest BCUT2D eigenvalue weighted by atomic mass is 35.5. The van der Waals surface area contributed by atoms with Crippen molar-refractivity contribution in [3.8, 4) is 0 Å². The largest absolute Gasteiger partial charge is 0.416 e. The average molecular weight is 664 g/mol. The van der Waals surface area contributed by atoms with Crippen LogP contribution in [0.4, 0.5) is 18.9 Å². The van der Waals surface area contributed by atoms with Crippen LogP contribution in [-0.2, 0) is 38.8 Å². The Kier molecular flexibility index (Phi) is 11.2. The summed E-state index contributed by atoms with van der Waals surface area (Å²) in [6.45, 7) is 1.00. The summed E-state index contributed by atoms with van der Waals surface area (Å²) in [5, 5.41) is 2.83. The summed E-state index contributed by atoms with van der Waals surface area (Å²) in [6.07, 6.45) is 0.803. The second-order valence-electron chi connectivity index (χ2n) is 11.5. The summed E-state index contributed by atoms with van der Waals surface area (Å²) >= 11 is 6.22. The zero-order valence-corrected chi connectivity index (χ0v) is 26.8. The number of alkyl halides is 3. The second kappa shape index (κ2) is 14.7. The van der Waals surface area contributed by atoms with Gasteiger partial charge in [-0.25, -0.2) is 8.42 Å². The number of hydrogen-bond donors (Lipinski definition) is 1. The lowest BCUT2D eigenvalue weighted by atomic mass is 9.94. The van der Waals surface area contributed by atoms with Gasteiger partial charge in [-0.1, -0.05) is 91.0 Å². The van der Waals surface area contributed by atoms with Crippen LogP contribution in [0.25, 0.3) is 0 Å². The molecular formula is C33H37ClF3N3O4S. The second-order valence-corrected chi connectivity index (χ2v) is 13.8. The molecule has 7 nitrogen and oxygen atoms in total. The van der Waals surface area contributed by atoms with Crippen molar-refractivity contribution in [2.24, 2.45) is 0 Å². The number of carbonyl (C=O) groups is 2. The Bertz CT molecular complexity index is 1580. The predicted octanol–water partition coefficient (Wildman–Crippen LogP) is 6.52. The van der Waals surface area contributed by atoms with Gasteiger partial charge in [-0.3, -0.25) is 13.9 Å². The van der Waals surface area contributed by atoms with E-state index in [9.17, 15) is 31.2 Å². The molecule has 1 aliphatic rings. The third-order valence-electron chi connectivity index (χ3n) is 7.92. The molecule has 0 bridgehead atoms. The summed E-state index contributed by atoms with van der Waals surface area (Å²) in [6, 6.07) is 17.7. The van der Waals surface area contributed by atoms with E-state index < -0.39 is 45.9 Å². The van der Waals surface area contributed by atoms with Crippen molar-refractivity contribution in [1.29, 1.82) is 0 Å². The molecule has 0 aromatic heterocycles. The molecule has 4 rings (SSSR count). The molecule has 45 heavy (non-hydrogen) atoms. The van der Waals surface area contributed by atoms with Gasteiger partial charge in [0.05, 0.1) is 22.5 Å². The first-order chi connectivity index (χ1) is 21.2. The van der Waals surface area contributed by atoms with Gasteiger partial charge in [0.2, 0.25) is 21.8 Å². The minimum Gasteiger partial charge on any atom is -0.352 e. The van der Waals surface area contributed by atoms with E-state index in [2.05, 4.69) is 5.32 Å². The molecule has 0 unspecified atom stereocenters. The number of anilines is 1. The van der Waals surface area contributed by atoms with E-state index in [-0.39, 0.29) is 29.9 Å². The van der Waals surface area contributed by atoms with E-state index in [1.807, 2.05) is 61.5 Å². The van der Waals surface area contributed by atoms with Crippen LogP contribution in [0.2, 0.25) is 5.02 Å². The third kappa shape index (κ3) is 9.46. The molecule has 2 amide bonds. The van der Waals surface area contributed by atoms with Gasteiger partial charge in [-0.2, -0.15) is 13.2 Å². The number of halogens is 4. The van der Waals surface area contributed by atoms with E-state index in [1.165, 1.54) is 4.90 Å². The fourth-order valence-corrected chi connectivity index (χ4v) is 6.59. The molecule has 0 aliphatic heterocycles. The highest BCUT2D eigenvalue weighted by Crippen LogP contribution is 2.36. The number of hydrogen-bond acceptors (Lipinski definition) is 4. The van der Waals surface area contributed by atoms with Gasteiger partial charge in [-0.15, -0.1) is 0 Å².